The van der Waals surface area contributed by atoms with Gasteiger partial charge in [-0.15, -0.1) is 0 Å². The fraction of sp³-hybridized carbons (Fsp3) is 0.200. The summed E-state index contributed by atoms with van der Waals surface area (Å²) in [6, 6.07) is 0. The summed E-state index contributed by atoms with van der Waals surface area (Å²) in [5, 5.41) is 0. The number of hydrogen-bond donors (Lipinski definition) is 0. The summed E-state index contributed by atoms with van der Waals surface area (Å²) < 4.78 is 0. The number of hydrogen-bond acceptors (Lipinski definition) is 2. The zero-order chi connectivity index (χ0) is 5.11. The Morgan fingerprint density at radius 1 is 1.86 bits per heavy atom. The van der Waals surface area contributed by atoms with Gasteiger partial charge in [0.25, 0.3) is 0 Å². The van der Waals surface area contributed by atoms with E-state index in [0.717, 1.165) is 6.29 Å². The van der Waals surface area contributed by atoms with Crippen molar-refractivity contribution in [1.82, 2.24) is 0 Å². The molecule has 7 heavy (non-hydrogen) atoms. The van der Waals surface area contributed by atoms with E-state index in [1.165, 1.54) is 0 Å². The quantitative estimate of drug-likeness (QED) is 0.427. The highest BCUT2D eigenvalue weighted by Crippen LogP contribution is 1.88. The first-order chi connectivity index (χ1) is 3.43. The Morgan fingerprint density at radius 2 is 2.71 bits per heavy atom. The second-order valence-electron chi connectivity index (χ2n) is 1.29. The maximum Gasteiger partial charge on any atom is 0.167 e. The molecule has 0 fully saturated rings. The van der Waals surface area contributed by atoms with Crippen LogP contribution in [0.5, 0.6) is 0 Å². The molecular weight excluding hydrogens is 90.1 g/mol. The van der Waals surface area contributed by atoms with E-state index in [-0.39, 0.29) is 0 Å². The molecule has 0 spiro atoms. The molecule has 1 aliphatic heterocycles. The molecule has 1 heterocycles. The molecule has 1 rings (SSSR count). The van der Waals surface area contributed by atoms with Crippen molar-refractivity contribution >= 4 is 12.0 Å². The van der Waals surface area contributed by atoms with Gasteiger partial charge in [-0.1, -0.05) is 6.08 Å². The normalized spacial score (nSPS) is 16.9. The summed E-state index contributed by atoms with van der Waals surface area (Å²) in [5.41, 5.74) is 0.556. The van der Waals surface area contributed by atoms with Crippen molar-refractivity contribution in [3.8, 4) is 0 Å². The molecule has 2 heteroatoms. The monoisotopic (exact) mass is 95.0 g/mol. The van der Waals surface area contributed by atoms with Gasteiger partial charge in [-0.25, -0.2) is 0 Å². The summed E-state index contributed by atoms with van der Waals surface area (Å²) in [5.74, 6) is 0. The summed E-state index contributed by atoms with van der Waals surface area (Å²) in [6.45, 7) is 0.675. The molecule has 0 aliphatic carbocycles. The molecule has 0 aromatic rings. The second kappa shape index (κ2) is 1.69. The van der Waals surface area contributed by atoms with Gasteiger partial charge in [-0.05, 0) is 6.08 Å². The Morgan fingerprint density at radius 3 is 3.00 bits per heavy atom. The van der Waals surface area contributed by atoms with E-state index < -0.39 is 0 Å². The van der Waals surface area contributed by atoms with E-state index in [1.807, 2.05) is 6.08 Å². The van der Waals surface area contributed by atoms with Gasteiger partial charge >= 0.3 is 0 Å². The third-order valence-electron chi connectivity index (χ3n) is 0.789. The number of allylic oxidation sites excluding steroid dienone is 1. The summed E-state index contributed by atoms with van der Waals surface area (Å²) >= 11 is 0. The van der Waals surface area contributed by atoms with Crippen molar-refractivity contribution in [3.05, 3.63) is 12.2 Å². The second-order valence-corrected chi connectivity index (χ2v) is 1.29. The van der Waals surface area contributed by atoms with E-state index in [4.69, 9.17) is 0 Å². The Labute approximate surface area is 41.6 Å². The minimum atomic E-state index is 0.556. The highest BCUT2D eigenvalue weighted by molar-refractivity contribution is 6.34. The zero-order valence-corrected chi connectivity index (χ0v) is 3.79. The minimum Gasteiger partial charge on any atom is -0.296 e. The molecule has 2 nitrogen and oxygen atoms in total. The third-order valence-corrected chi connectivity index (χ3v) is 0.789. The number of aliphatic imine (C=N–C) groups is 1. The predicted octanol–water partition coefficient (Wildman–Crippen LogP) is 0.196. The van der Waals surface area contributed by atoms with Gasteiger partial charge in [0, 0.05) is 0 Å². The first-order valence-electron chi connectivity index (χ1n) is 2.09. The number of aldehydes is 1. The molecule has 36 valence electrons. The van der Waals surface area contributed by atoms with Crippen LogP contribution in [0, 0.1) is 0 Å². The van der Waals surface area contributed by atoms with Crippen LogP contribution in [0.15, 0.2) is 17.1 Å². The first-order valence-corrected chi connectivity index (χ1v) is 2.09. The fourth-order valence-electron chi connectivity index (χ4n) is 0.461. The van der Waals surface area contributed by atoms with E-state index in [2.05, 4.69) is 4.99 Å². The van der Waals surface area contributed by atoms with Crippen molar-refractivity contribution < 1.29 is 4.79 Å². The van der Waals surface area contributed by atoms with Gasteiger partial charge < -0.3 is 0 Å². The van der Waals surface area contributed by atoms with E-state index >= 15 is 0 Å². The van der Waals surface area contributed by atoms with E-state index in [9.17, 15) is 4.79 Å². The smallest absolute Gasteiger partial charge is 0.167 e. The van der Waals surface area contributed by atoms with Gasteiger partial charge in [0.05, 0.1) is 12.3 Å². The summed E-state index contributed by atoms with van der Waals surface area (Å²) in [7, 11) is 0. The van der Waals surface area contributed by atoms with Crippen LogP contribution < -0.4 is 0 Å². The molecule has 0 amide bonds. The van der Waals surface area contributed by atoms with Crippen molar-refractivity contribution in [2.24, 2.45) is 4.99 Å². The van der Waals surface area contributed by atoms with Crippen LogP contribution in [0.4, 0.5) is 0 Å². The first kappa shape index (κ1) is 4.24. The van der Waals surface area contributed by atoms with Crippen molar-refractivity contribution in [2.75, 3.05) is 6.54 Å². The predicted molar refractivity (Wildman–Crippen MR) is 27.5 cm³/mol. The SMILES string of the molecule is O=CC1=NCC=C1. The lowest BCUT2D eigenvalue weighted by molar-refractivity contribution is -0.102. The van der Waals surface area contributed by atoms with E-state index in [0.29, 0.717) is 12.3 Å². The Balaban J connectivity index is 2.69. The maximum atomic E-state index is 9.83. The maximum absolute atomic E-state index is 9.83. The molecule has 0 saturated heterocycles. The standard InChI is InChI=1S/C5H5NO/c7-4-5-2-1-3-6-5/h1-2,4H,3H2. The topological polar surface area (TPSA) is 29.4 Å². The number of rotatable bonds is 1. The van der Waals surface area contributed by atoms with Crippen molar-refractivity contribution in [3.63, 3.8) is 0 Å². The summed E-state index contributed by atoms with van der Waals surface area (Å²) in [4.78, 5) is 13.6. The van der Waals surface area contributed by atoms with Gasteiger partial charge in [0.15, 0.2) is 6.29 Å². The van der Waals surface area contributed by atoms with Crippen LogP contribution in [-0.4, -0.2) is 18.5 Å². The molecule has 0 atom stereocenters. The lowest BCUT2D eigenvalue weighted by atomic mass is 10.4. The summed E-state index contributed by atoms with van der Waals surface area (Å²) in [6.07, 6.45) is 4.32. The van der Waals surface area contributed by atoms with Gasteiger partial charge in [0.1, 0.15) is 0 Å². The van der Waals surface area contributed by atoms with Crippen LogP contribution >= 0.6 is 0 Å². The Bertz CT molecular complexity index is 135. The average Bonchev–Trinajstić information content (AvgIpc) is 2.14. The zero-order valence-electron chi connectivity index (χ0n) is 3.79. The molecule has 0 aromatic carbocycles. The lowest BCUT2D eigenvalue weighted by Crippen LogP contribution is -1.88. The highest BCUT2D eigenvalue weighted by atomic mass is 16.1. The molecule has 0 unspecified atom stereocenters. The highest BCUT2D eigenvalue weighted by Gasteiger charge is 1.92. The van der Waals surface area contributed by atoms with Gasteiger partial charge in [0.2, 0.25) is 0 Å². The molecule has 0 saturated carbocycles. The number of nitrogens with zero attached hydrogens (tertiary/aromatic N) is 1. The van der Waals surface area contributed by atoms with Crippen LogP contribution in [0.2, 0.25) is 0 Å². The lowest BCUT2D eigenvalue weighted by Gasteiger charge is -1.72. The Kier molecular flexibility index (Phi) is 1.02. The third kappa shape index (κ3) is 0.738. The van der Waals surface area contributed by atoms with Crippen LogP contribution in [0.3, 0.4) is 0 Å². The van der Waals surface area contributed by atoms with E-state index in [1.54, 1.807) is 6.08 Å². The number of carbonyl (C=O) groups excluding carboxylic acids is 1. The van der Waals surface area contributed by atoms with Crippen molar-refractivity contribution in [1.29, 1.82) is 0 Å². The molecule has 0 aromatic heterocycles. The fourth-order valence-corrected chi connectivity index (χ4v) is 0.461. The Hall–Kier alpha value is -0.920. The largest absolute Gasteiger partial charge is 0.296 e. The van der Waals surface area contributed by atoms with Gasteiger partial charge in [-0.3, -0.25) is 9.79 Å². The van der Waals surface area contributed by atoms with Crippen LogP contribution in [0.1, 0.15) is 0 Å². The molecule has 0 N–H and O–H groups in total. The average molecular weight is 95.1 g/mol. The van der Waals surface area contributed by atoms with Crippen LogP contribution in [-0.2, 0) is 4.79 Å². The molecule has 0 bridgehead atoms. The van der Waals surface area contributed by atoms with Crippen molar-refractivity contribution in [2.45, 2.75) is 0 Å². The van der Waals surface area contributed by atoms with Gasteiger partial charge in [-0.2, -0.15) is 0 Å². The molecule has 1 aliphatic rings. The minimum absolute atomic E-state index is 0.556. The molecule has 0 radical (unpaired) electrons. The van der Waals surface area contributed by atoms with Crippen LogP contribution in [0.25, 0.3) is 0 Å². The molecular formula is C5H5NO. The number of carbonyl (C=O) groups is 1.